The smallest absolute Gasteiger partial charge is 0.234 e. The number of rotatable bonds is 6. The number of thiazole rings is 1. The lowest BCUT2D eigenvalue weighted by Crippen LogP contribution is -2.17. The highest BCUT2D eigenvalue weighted by Crippen LogP contribution is 2.30. The van der Waals surface area contributed by atoms with E-state index in [0.717, 1.165) is 14.6 Å². The van der Waals surface area contributed by atoms with Gasteiger partial charge >= 0.3 is 0 Å². The Morgan fingerprint density at radius 1 is 1.00 bits per heavy atom. The van der Waals surface area contributed by atoms with E-state index in [1.54, 1.807) is 53.8 Å². The summed E-state index contributed by atoms with van der Waals surface area (Å²) in [6, 6.07) is 21.6. The summed E-state index contributed by atoms with van der Waals surface area (Å²) in [5, 5.41) is 3.27. The van der Waals surface area contributed by atoms with Gasteiger partial charge in [0.2, 0.25) is 5.91 Å². The number of amides is 1. The zero-order chi connectivity index (χ0) is 20.2. The van der Waals surface area contributed by atoms with Crippen molar-refractivity contribution in [1.29, 1.82) is 0 Å². The molecule has 0 bridgehead atoms. The molecule has 0 unspecified atom stereocenters. The summed E-state index contributed by atoms with van der Waals surface area (Å²) in [4.78, 5) is 29.9. The monoisotopic (exact) mass is 438 g/mol. The van der Waals surface area contributed by atoms with Crippen LogP contribution in [0.3, 0.4) is 0 Å². The summed E-state index contributed by atoms with van der Waals surface area (Å²) in [5.41, 5.74) is 2.27. The van der Waals surface area contributed by atoms with Gasteiger partial charge in [-0.15, -0.1) is 11.3 Å². The van der Waals surface area contributed by atoms with Crippen LogP contribution >= 0.6 is 34.7 Å². The third-order valence-electron chi connectivity index (χ3n) is 4.14. The summed E-state index contributed by atoms with van der Waals surface area (Å²) in [7, 11) is 0. The molecule has 144 valence electrons. The van der Waals surface area contributed by atoms with Gasteiger partial charge in [-0.1, -0.05) is 65.8 Å². The first kappa shape index (κ1) is 19.6. The number of nitrogens with one attached hydrogen (secondary N) is 1. The van der Waals surface area contributed by atoms with Crippen molar-refractivity contribution in [3.05, 3.63) is 88.9 Å². The van der Waals surface area contributed by atoms with Crippen LogP contribution in [0.2, 0.25) is 5.02 Å². The normalized spacial score (nSPS) is 10.8. The van der Waals surface area contributed by atoms with Crippen molar-refractivity contribution < 1.29 is 9.59 Å². The molecule has 1 aromatic heterocycles. The maximum Gasteiger partial charge on any atom is 0.234 e. The van der Waals surface area contributed by atoms with Crippen LogP contribution in [0.4, 0.5) is 5.69 Å². The molecule has 7 heteroatoms. The number of carbonyl (C=O) groups is 2. The standard InChI is InChI=1S/C22H15ClN2O2S2/c23-15-10-11-17(16(12-15)21(27)14-6-2-1-3-7-14)24-20(26)13-28-22-25-18-8-4-5-9-19(18)29-22/h1-12H,13H2,(H,24,26). The van der Waals surface area contributed by atoms with Gasteiger partial charge < -0.3 is 5.32 Å². The minimum atomic E-state index is -0.210. The van der Waals surface area contributed by atoms with Gasteiger partial charge in [-0.25, -0.2) is 4.98 Å². The minimum absolute atomic E-state index is 0.192. The van der Waals surface area contributed by atoms with E-state index in [-0.39, 0.29) is 17.4 Å². The van der Waals surface area contributed by atoms with Crippen molar-refractivity contribution in [1.82, 2.24) is 4.98 Å². The summed E-state index contributed by atoms with van der Waals surface area (Å²) in [6.45, 7) is 0. The van der Waals surface area contributed by atoms with E-state index >= 15 is 0 Å². The van der Waals surface area contributed by atoms with Gasteiger partial charge in [0, 0.05) is 16.1 Å². The first-order chi connectivity index (χ1) is 14.1. The van der Waals surface area contributed by atoms with Gasteiger partial charge in [-0.05, 0) is 30.3 Å². The number of carbonyl (C=O) groups excluding carboxylic acids is 2. The zero-order valence-electron chi connectivity index (χ0n) is 15.1. The van der Waals surface area contributed by atoms with Crippen LogP contribution < -0.4 is 5.32 Å². The molecular formula is C22H15ClN2O2S2. The van der Waals surface area contributed by atoms with E-state index in [2.05, 4.69) is 10.3 Å². The van der Waals surface area contributed by atoms with Crippen molar-refractivity contribution in [3.8, 4) is 0 Å². The molecule has 1 amide bonds. The number of hydrogen-bond acceptors (Lipinski definition) is 5. The number of para-hydroxylation sites is 1. The van der Waals surface area contributed by atoms with E-state index in [1.807, 2.05) is 30.3 Å². The molecule has 3 aromatic carbocycles. The van der Waals surface area contributed by atoms with Crippen molar-refractivity contribution in [3.63, 3.8) is 0 Å². The van der Waals surface area contributed by atoms with E-state index in [9.17, 15) is 9.59 Å². The number of aromatic nitrogens is 1. The first-order valence-corrected chi connectivity index (χ1v) is 11.0. The summed E-state index contributed by atoms with van der Waals surface area (Å²) in [6.07, 6.45) is 0. The van der Waals surface area contributed by atoms with E-state index in [1.165, 1.54) is 11.8 Å². The summed E-state index contributed by atoms with van der Waals surface area (Å²) < 4.78 is 1.92. The second-order valence-electron chi connectivity index (χ2n) is 6.17. The Balaban J connectivity index is 1.48. The summed E-state index contributed by atoms with van der Waals surface area (Å²) in [5.74, 6) is -0.206. The highest BCUT2D eigenvalue weighted by atomic mass is 35.5. The Morgan fingerprint density at radius 2 is 1.76 bits per heavy atom. The fraction of sp³-hybridized carbons (Fsp3) is 0.0455. The highest BCUT2D eigenvalue weighted by molar-refractivity contribution is 8.01. The molecule has 0 aliphatic heterocycles. The SMILES string of the molecule is O=C(CSc1nc2ccccc2s1)Nc1ccc(Cl)cc1C(=O)c1ccccc1. The molecule has 0 aliphatic rings. The van der Waals surface area contributed by atoms with Crippen LogP contribution in [0.5, 0.6) is 0 Å². The topological polar surface area (TPSA) is 59.1 Å². The predicted molar refractivity (Wildman–Crippen MR) is 120 cm³/mol. The van der Waals surface area contributed by atoms with Crippen molar-refractivity contribution >= 4 is 62.3 Å². The Kier molecular flexibility index (Phi) is 5.94. The molecule has 1 N–H and O–H groups in total. The van der Waals surface area contributed by atoms with Gasteiger partial charge in [-0.2, -0.15) is 0 Å². The maximum absolute atomic E-state index is 12.9. The van der Waals surface area contributed by atoms with Gasteiger partial charge in [0.15, 0.2) is 10.1 Å². The number of nitrogens with zero attached hydrogens (tertiary/aromatic N) is 1. The molecule has 0 spiro atoms. The highest BCUT2D eigenvalue weighted by Gasteiger charge is 2.16. The number of ketones is 1. The molecule has 4 nitrogen and oxygen atoms in total. The second-order valence-corrected chi connectivity index (χ2v) is 8.86. The van der Waals surface area contributed by atoms with Crippen LogP contribution in [0.1, 0.15) is 15.9 Å². The number of fused-ring (bicyclic) bond motifs is 1. The molecule has 0 aliphatic carbocycles. The fourth-order valence-electron chi connectivity index (χ4n) is 2.78. The van der Waals surface area contributed by atoms with Gasteiger partial charge in [0.1, 0.15) is 0 Å². The molecule has 0 saturated carbocycles. The second kappa shape index (κ2) is 8.78. The molecule has 0 radical (unpaired) electrons. The number of halogens is 1. The lowest BCUT2D eigenvalue weighted by molar-refractivity contribution is -0.113. The van der Waals surface area contributed by atoms with Crippen LogP contribution in [-0.4, -0.2) is 22.4 Å². The Bertz CT molecular complexity index is 1160. The summed E-state index contributed by atoms with van der Waals surface area (Å²) >= 11 is 9.01. The van der Waals surface area contributed by atoms with E-state index in [4.69, 9.17) is 11.6 Å². The number of anilines is 1. The van der Waals surface area contributed by atoms with Crippen molar-refractivity contribution in [2.45, 2.75) is 4.34 Å². The van der Waals surface area contributed by atoms with Crippen molar-refractivity contribution in [2.75, 3.05) is 11.1 Å². The van der Waals surface area contributed by atoms with Gasteiger partial charge in [-0.3, -0.25) is 9.59 Å². The van der Waals surface area contributed by atoms with Gasteiger partial charge in [0.25, 0.3) is 0 Å². The largest absolute Gasteiger partial charge is 0.325 e. The molecule has 0 fully saturated rings. The van der Waals surface area contributed by atoms with Crippen LogP contribution in [-0.2, 0) is 4.79 Å². The molecule has 0 atom stereocenters. The first-order valence-electron chi connectivity index (χ1n) is 8.78. The van der Waals surface area contributed by atoms with Gasteiger partial charge in [0.05, 0.1) is 21.7 Å². The number of benzene rings is 3. The molecule has 29 heavy (non-hydrogen) atoms. The number of thioether (sulfide) groups is 1. The molecule has 4 aromatic rings. The molecular weight excluding hydrogens is 424 g/mol. The van der Waals surface area contributed by atoms with E-state index < -0.39 is 0 Å². The van der Waals surface area contributed by atoms with Crippen molar-refractivity contribution in [2.24, 2.45) is 0 Å². The Morgan fingerprint density at radius 3 is 2.55 bits per heavy atom. The third-order valence-corrected chi connectivity index (χ3v) is 6.55. The third kappa shape index (κ3) is 4.67. The van der Waals surface area contributed by atoms with Crippen LogP contribution in [0, 0.1) is 0 Å². The quantitative estimate of drug-likeness (QED) is 0.300. The number of hydrogen-bond donors (Lipinski definition) is 1. The molecule has 1 heterocycles. The maximum atomic E-state index is 12.9. The molecule has 4 rings (SSSR count). The lowest BCUT2D eigenvalue weighted by atomic mass is 10.0. The zero-order valence-corrected chi connectivity index (χ0v) is 17.5. The lowest BCUT2D eigenvalue weighted by Gasteiger charge is -2.11. The average Bonchev–Trinajstić information content (AvgIpc) is 3.17. The Labute approximate surface area is 180 Å². The predicted octanol–water partition coefficient (Wildman–Crippen LogP) is 5.91. The minimum Gasteiger partial charge on any atom is -0.325 e. The fourth-order valence-corrected chi connectivity index (χ4v) is 4.83. The van der Waals surface area contributed by atoms with E-state index in [0.29, 0.717) is 21.8 Å². The Hall–Kier alpha value is -2.67. The van der Waals surface area contributed by atoms with Crippen LogP contribution in [0.15, 0.2) is 77.1 Å². The van der Waals surface area contributed by atoms with Crippen LogP contribution in [0.25, 0.3) is 10.2 Å². The average molecular weight is 439 g/mol. The molecule has 0 saturated heterocycles.